The number of ether oxygens (including phenoxy) is 1. The van der Waals surface area contributed by atoms with Crippen LogP contribution in [0, 0.1) is 6.92 Å². The number of carbonyl (C=O) groups is 1. The minimum Gasteiger partial charge on any atom is -0.378 e. The summed E-state index contributed by atoms with van der Waals surface area (Å²) < 4.78 is 6.79. The molecular weight excluding hydrogens is 519 g/mol. The lowest BCUT2D eigenvalue weighted by molar-refractivity contribution is -0.873. The van der Waals surface area contributed by atoms with E-state index in [4.69, 9.17) is 9.57 Å². The standard InChI is InChI=1S/C24H20B.C12H17N2O3/c1-5-13-21(14-6-1)25(22-15-7-2-8-16-22,23-17-9-3-10-18-23)24-19-11-4-12-20-24;1-10-9-12(13-5-7-16-8-6-13)3-4-14(10)17-11(2)15/h1-20H;3-4,9H,5-8H2,1-2H3/q-1;+1. The number of benzene rings is 4. The van der Waals surface area contributed by atoms with Gasteiger partial charge in [-0.2, -0.15) is 26.7 Å². The molecule has 6 heteroatoms. The Labute approximate surface area is 248 Å². The maximum Gasteiger partial charge on any atom is 0.377 e. The van der Waals surface area contributed by atoms with Crippen molar-refractivity contribution in [2.45, 2.75) is 13.8 Å². The number of morpholine rings is 1. The van der Waals surface area contributed by atoms with Crippen LogP contribution in [-0.2, 0) is 9.53 Å². The number of carbonyl (C=O) groups excluding carboxylic acids is 1. The molecule has 0 spiro atoms. The first-order valence-electron chi connectivity index (χ1n) is 14.5. The molecule has 1 aliphatic rings. The Balaban J connectivity index is 0.000000181. The van der Waals surface area contributed by atoms with Gasteiger partial charge in [0.1, 0.15) is 6.15 Å². The number of aryl methyl sites for hydroxylation is 1. The molecule has 0 radical (unpaired) electrons. The van der Waals surface area contributed by atoms with Crippen molar-refractivity contribution in [1.82, 2.24) is 0 Å². The molecule has 1 aliphatic heterocycles. The summed E-state index contributed by atoms with van der Waals surface area (Å²) in [5.41, 5.74) is 7.38. The normalized spacial score (nSPS) is 13.0. The van der Waals surface area contributed by atoms with Crippen LogP contribution in [0.25, 0.3) is 0 Å². The number of aromatic nitrogens is 1. The first-order valence-corrected chi connectivity index (χ1v) is 14.5. The maximum atomic E-state index is 10.9. The molecule has 5 aromatic rings. The molecule has 0 N–H and O–H groups in total. The minimum absolute atomic E-state index is 0.322. The molecule has 6 rings (SSSR count). The van der Waals surface area contributed by atoms with Crippen molar-refractivity contribution in [3.8, 4) is 0 Å². The van der Waals surface area contributed by atoms with E-state index in [1.54, 1.807) is 6.20 Å². The van der Waals surface area contributed by atoms with E-state index in [0.717, 1.165) is 37.7 Å². The second-order valence-corrected chi connectivity index (χ2v) is 10.5. The first kappa shape index (κ1) is 28.8. The minimum atomic E-state index is -1.22. The molecule has 1 aromatic heterocycles. The molecule has 0 unspecified atom stereocenters. The molecule has 0 saturated carbocycles. The van der Waals surface area contributed by atoms with E-state index in [1.807, 2.05) is 19.1 Å². The predicted octanol–water partition coefficient (Wildman–Crippen LogP) is 3.16. The van der Waals surface area contributed by atoms with Gasteiger partial charge in [-0.15, -0.1) is 0 Å². The SMILES string of the molecule is CC(=O)O[n+]1ccc(N2CCOCC2)cc1C.c1ccc([B-](c2ccccc2)(c2ccccc2)c2ccccc2)cc1. The van der Waals surface area contributed by atoms with Crippen molar-refractivity contribution < 1.29 is 19.1 Å². The molecular formula is C36H37BN2O3. The summed E-state index contributed by atoms with van der Waals surface area (Å²) in [6.07, 6.45) is 0.550. The molecule has 1 fully saturated rings. The van der Waals surface area contributed by atoms with Gasteiger partial charge in [0.05, 0.1) is 13.2 Å². The molecule has 212 valence electrons. The monoisotopic (exact) mass is 556 g/mol. The van der Waals surface area contributed by atoms with Crippen LogP contribution in [-0.4, -0.2) is 38.4 Å². The van der Waals surface area contributed by atoms with Gasteiger partial charge in [-0.25, -0.2) is 4.79 Å². The Hall–Kier alpha value is -4.68. The smallest absolute Gasteiger partial charge is 0.377 e. The van der Waals surface area contributed by atoms with Crippen molar-refractivity contribution in [1.29, 1.82) is 0 Å². The first-order chi connectivity index (χ1) is 20.6. The van der Waals surface area contributed by atoms with Gasteiger partial charge < -0.3 is 9.64 Å². The van der Waals surface area contributed by atoms with E-state index in [2.05, 4.69) is 126 Å². The van der Waals surface area contributed by atoms with Gasteiger partial charge in [-0.3, -0.25) is 0 Å². The molecule has 0 aliphatic carbocycles. The third kappa shape index (κ3) is 6.45. The van der Waals surface area contributed by atoms with Gasteiger partial charge in [0.2, 0.25) is 11.9 Å². The van der Waals surface area contributed by atoms with Crippen LogP contribution in [0.1, 0.15) is 12.6 Å². The Morgan fingerprint density at radius 2 is 1.10 bits per heavy atom. The Kier molecular flexibility index (Phi) is 9.47. The second kappa shape index (κ2) is 13.8. The van der Waals surface area contributed by atoms with Crippen molar-refractivity contribution in [2.24, 2.45) is 0 Å². The predicted molar refractivity (Wildman–Crippen MR) is 172 cm³/mol. The fourth-order valence-electron chi connectivity index (χ4n) is 5.97. The largest absolute Gasteiger partial charge is 0.378 e. The quantitative estimate of drug-likeness (QED) is 0.238. The van der Waals surface area contributed by atoms with Crippen LogP contribution < -0.4 is 36.3 Å². The number of nitrogens with zero attached hydrogens (tertiary/aromatic N) is 2. The van der Waals surface area contributed by atoms with Crippen molar-refractivity contribution >= 4 is 39.7 Å². The highest BCUT2D eigenvalue weighted by Gasteiger charge is 2.31. The van der Waals surface area contributed by atoms with E-state index in [1.165, 1.54) is 33.5 Å². The zero-order valence-corrected chi connectivity index (χ0v) is 24.3. The van der Waals surface area contributed by atoms with Crippen LogP contribution in [0.3, 0.4) is 0 Å². The lowest BCUT2D eigenvalue weighted by Gasteiger charge is -2.44. The van der Waals surface area contributed by atoms with Gasteiger partial charge in [0.15, 0.2) is 0 Å². The third-order valence-electron chi connectivity index (χ3n) is 7.89. The summed E-state index contributed by atoms with van der Waals surface area (Å²) in [7, 11) is 0. The van der Waals surface area contributed by atoms with Gasteiger partial charge in [-0.05, 0) is 0 Å². The van der Waals surface area contributed by atoms with E-state index < -0.39 is 6.15 Å². The maximum absolute atomic E-state index is 10.9. The average Bonchev–Trinajstić information content (AvgIpc) is 3.05. The van der Waals surface area contributed by atoms with E-state index >= 15 is 0 Å². The van der Waals surface area contributed by atoms with E-state index in [9.17, 15) is 4.79 Å². The second-order valence-electron chi connectivity index (χ2n) is 10.5. The van der Waals surface area contributed by atoms with Crippen LogP contribution >= 0.6 is 0 Å². The molecule has 1 saturated heterocycles. The summed E-state index contributed by atoms with van der Waals surface area (Å²) in [4.78, 5) is 18.2. The number of rotatable bonds is 6. The summed E-state index contributed by atoms with van der Waals surface area (Å²) in [5.74, 6) is -0.322. The molecule has 5 nitrogen and oxygen atoms in total. The van der Waals surface area contributed by atoms with E-state index in [0.29, 0.717) is 0 Å². The Morgan fingerprint density at radius 3 is 1.45 bits per heavy atom. The summed E-state index contributed by atoms with van der Waals surface area (Å²) in [6, 6.07) is 47.5. The highest BCUT2D eigenvalue weighted by Crippen LogP contribution is 2.15. The highest BCUT2D eigenvalue weighted by molar-refractivity contribution is 7.19. The zero-order chi connectivity index (χ0) is 29.2. The topological polar surface area (TPSA) is 42.7 Å². The van der Waals surface area contributed by atoms with Gasteiger partial charge >= 0.3 is 5.97 Å². The number of anilines is 1. The zero-order valence-electron chi connectivity index (χ0n) is 24.3. The Morgan fingerprint density at radius 1 is 0.690 bits per heavy atom. The van der Waals surface area contributed by atoms with Crippen LogP contribution in [0.2, 0.25) is 0 Å². The molecule has 4 aromatic carbocycles. The van der Waals surface area contributed by atoms with Crippen LogP contribution in [0.4, 0.5) is 5.69 Å². The summed E-state index contributed by atoms with van der Waals surface area (Å²) in [6.45, 7) is 6.62. The fourth-order valence-corrected chi connectivity index (χ4v) is 5.97. The van der Waals surface area contributed by atoms with Crippen molar-refractivity contribution in [3.63, 3.8) is 0 Å². The lowest BCUT2D eigenvalue weighted by atomic mass is 9.13. The highest BCUT2D eigenvalue weighted by atomic mass is 16.7. The number of pyridine rings is 1. The Bertz CT molecular complexity index is 1400. The number of hydrogen-bond acceptors (Lipinski definition) is 4. The van der Waals surface area contributed by atoms with Gasteiger partial charge in [0.25, 0.3) is 0 Å². The molecule has 42 heavy (non-hydrogen) atoms. The molecule has 0 atom stereocenters. The fraction of sp³-hybridized carbons (Fsp3) is 0.167. The van der Waals surface area contributed by atoms with Gasteiger partial charge in [-0.1, -0.05) is 121 Å². The molecule has 0 bridgehead atoms. The lowest BCUT2D eigenvalue weighted by Crippen LogP contribution is -2.74. The van der Waals surface area contributed by atoms with E-state index in [-0.39, 0.29) is 5.97 Å². The molecule has 2 heterocycles. The van der Waals surface area contributed by atoms with Crippen LogP contribution in [0.5, 0.6) is 0 Å². The van der Waals surface area contributed by atoms with Crippen molar-refractivity contribution in [3.05, 3.63) is 145 Å². The van der Waals surface area contributed by atoms with Crippen LogP contribution in [0.15, 0.2) is 140 Å². The van der Waals surface area contributed by atoms with Crippen molar-refractivity contribution in [2.75, 3.05) is 31.2 Å². The number of hydrogen-bond donors (Lipinski definition) is 0. The average molecular weight is 557 g/mol. The molecule has 0 amide bonds. The third-order valence-corrected chi connectivity index (χ3v) is 7.89. The summed E-state index contributed by atoms with van der Waals surface area (Å²) >= 11 is 0. The van der Waals surface area contributed by atoms with Gasteiger partial charge in [0, 0.05) is 49.5 Å². The summed E-state index contributed by atoms with van der Waals surface area (Å²) in [5, 5.41) is 0.